The Kier molecular flexibility index (Phi) is 5.17. The average Bonchev–Trinajstić information content (AvgIpc) is 3.53. The molecule has 5 rings (SSSR count). The van der Waals surface area contributed by atoms with Crippen molar-refractivity contribution < 1.29 is 24.1 Å². The van der Waals surface area contributed by atoms with Crippen LogP contribution in [-0.2, 0) is 11.2 Å². The normalized spacial score (nSPS) is 18.9. The van der Waals surface area contributed by atoms with Gasteiger partial charge in [-0.3, -0.25) is 0 Å². The van der Waals surface area contributed by atoms with E-state index in [1.165, 1.54) is 19.8 Å². The highest BCUT2D eigenvalue weighted by Gasteiger charge is 2.41. The second-order valence-corrected chi connectivity index (χ2v) is 8.73. The molecular formula is C23H22ClN4O4+. The third-order valence-corrected chi connectivity index (χ3v) is 6.17. The van der Waals surface area contributed by atoms with E-state index in [1.807, 2.05) is 28.9 Å². The summed E-state index contributed by atoms with van der Waals surface area (Å²) in [4.78, 5) is 29.0. The lowest BCUT2D eigenvalue weighted by atomic mass is 9.95. The van der Waals surface area contributed by atoms with E-state index in [1.54, 1.807) is 18.2 Å². The van der Waals surface area contributed by atoms with Gasteiger partial charge in [0, 0.05) is 31.2 Å². The van der Waals surface area contributed by atoms with Crippen LogP contribution in [0.15, 0.2) is 47.8 Å². The number of imidazole rings is 1. The second kappa shape index (κ2) is 8.02. The highest BCUT2D eigenvalue weighted by atomic mass is 35.5. The smallest absolute Gasteiger partial charge is 0.444 e. The summed E-state index contributed by atoms with van der Waals surface area (Å²) in [5.74, 6) is -0.283. The summed E-state index contributed by atoms with van der Waals surface area (Å²) in [5.41, 5.74) is 2.65. The van der Waals surface area contributed by atoms with Crippen LogP contribution in [0.5, 0.6) is 5.75 Å². The molecule has 9 heteroatoms. The molecule has 3 heterocycles. The summed E-state index contributed by atoms with van der Waals surface area (Å²) in [7, 11) is 0. The lowest BCUT2D eigenvalue weighted by Crippen LogP contribution is -2.38. The van der Waals surface area contributed by atoms with E-state index in [9.17, 15) is 14.7 Å². The van der Waals surface area contributed by atoms with Crippen LogP contribution in [0, 0.1) is 5.92 Å². The van der Waals surface area contributed by atoms with Crippen LogP contribution in [0.3, 0.4) is 0 Å². The molecule has 3 aromatic rings. The number of rotatable bonds is 7. The number of pyridine rings is 1. The van der Waals surface area contributed by atoms with Crippen molar-refractivity contribution in [3.05, 3.63) is 64.6 Å². The number of hydrogen-bond donors (Lipinski definition) is 1. The summed E-state index contributed by atoms with van der Waals surface area (Å²) in [6, 6.07) is 7.42. The topological polar surface area (TPSA) is 96.3 Å². The SMILES string of the molecule is CC(C(=O)O)[N+]1=NC(Cc2cn3cc(OCC4CC4)c(Cl)cc3n2)c2ccccc2C1=O. The molecule has 8 nitrogen and oxygen atoms in total. The number of halogens is 1. The van der Waals surface area contributed by atoms with Crippen molar-refractivity contribution in [1.82, 2.24) is 9.38 Å². The Labute approximate surface area is 189 Å². The van der Waals surface area contributed by atoms with Crippen molar-refractivity contribution >= 4 is 29.1 Å². The largest absolute Gasteiger partial charge is 0.490 e. The van der Waals surface area contributed by atoms with E-state index < -0.39 is 24.0 Å². The molecule has 1 amide bonds. The molecule has 0 bridgehead atoms. The standard InChI is InChI=1S/C23H21ClN4O4/c1-13(23(30)31)28-22(29)17-5-3-2-4-16(17)19(26-28)8-15-10-27-11-20(32-12-14-6-7-14)18(24)9-21(27)25-15/h2-5,9-11,13-14,19H,6-8,12H2,1H3/p+1. The summed E-state index contributed by atoms with van der Waals surface area (Å²) >= 11 is 6.38. The molecular weight excluding hydrogens is 432 g/mol. The molecule has 1 aliphatic heterocycles. The number of carbonyl (C=O) groups is 2. The quantitative estimate of drug-likeness (QED) is 0.542. The number of hydrogen-bond acceptors (Lipinski definition) is 5. The predicted molar refractivity (Wildman–Crippen MR) is 115 cm³/mol. The average molecular weight is 454 g/mol. The van der Waals surface area contributed by atoms with Gasteiger partial charge in [0.2, 0.25) is 0 Å². The maximum atomic E-state index is 12.8. The van der Waals surface area contributed by atoms with Crippen LogP contribution in [0.4, 0.5) is 0 Å². The van der Waals surface area contributed by atoms with Crippen LogP contribution in [0.25, 0.3) is 5.65 Å². The number of amides is 1. The number of carboxylic acid groups (broad SMARTS) is 1. The van der Waals surface area contributed by atoms with Gasteiger partial charge in [-0.05, 0) is 34.6 Å². The Morgan fingerprint density at radius 3 is 2.88 bits per heavy atom. The predicted octanol–water partition coefficient (Wildman–Crippen LogP) is 4.15. The highest BCUT2D eigenvalue weighted by Crippen LogP contribution is 2.33. The van der Waals surface area contributed by atoms with E-state index in [0.29, 0.717) is 40.9 Å². The van der Waals surface area contributed by atoms with Crippen LogP contribution in [0.1, 0.15) is 47.4 Å². The zero-order valence-corrected chi connectivity index (χ0v) is 18.2. The van der Waals surface area contributed by atoms with E-state index in [2.05, 4.69) is 10.1 Å². The van der Waals surface area contributed by atoms with Crippen molar-refractivity contribution in [1.29, 1.82) is 0 Å². The van der Waals surface area contributed by atoms with Crippen molar-refractivity contribution in [3.63, 3.8) is 0 Å². The Morgan fingerprint density at radius 2 is 2.12 bits per heavy atom. The monoisotopic (exact) mass is 453 g/mol. The molecule has 1 aromatic carbocycles. The van der Waals surface area contributed by atoms with Gasteiger partial charge >= 0.3 is 11.9 Å². The third-order valence-electron chi connectivity index (χ3n) is 5.88. The summed E-state index contributed by atoms with van der Waals surface area (Å²) in [6.07, 6.45) is 6.51. The van der Waals surface area contributed by atoms with Gasteiger partial charge in [0.15, 0.2) is 5.75 Å². The molecule has 2 aliphatic rings. The van der Waals surface area contributed by atoms with Gasteiger partial charge in [0.1, 0.15) is 11.7 Å². The Balaban J connectivity index is 1.47. The Bertz CT molecular complexity index is 1260. The zero-order chi connectivity index (χ0) is 22.4. The molecule has 2 atom stereocenters. The molecule has 2 unspecified atom stereocenters. The molecule has 164 valence electrons. The van der Waals surface area contributed by atoms with Crippen LogP contribution < -0.4 is 4.74 Å². The molecule has 2 aromatic heterocycles. The number of fused-ring (bicyclic) bond motifs is 2. The lowest BCUT2D eigenvalue weighted by Gasteiger charge is -2.17. The molecule has 0 spiro atoms. The van der Waals surface area contributed by atoms with Gasteiger partial charge in [0.05, 0.1) is 29.1 Å². The number of nitrogens with zero attached hydrogens (tertiary/aromatic N) is 4. The number of benzene rings is 1. The molecule has 32 heavy (non-hydrogen) atoms. The van der Waals surface area contributed by atoms with Gasteiger partial charge in [-0.15, -0.1) is 0 Å². The molecule has 0 radical (unpaired) electrons. The maximum absolute atomic E-state index is 12.8. The fourth-order valence-corrected chi connectivity index (χ4v) is 4.04. The van der Waals surface area contributed by atoms with Gasteiger partial charge in [-0.25, -0.2) is 14.6 Å². The summed E-state index contributed by atoms with van der Waals surface area (Å²) in [5, 5.41) is 14.4. The minimum absolute atomic E-state index is 0.407. The van der Waals surface area contributed by atoms with Crippen LogP contribution in [-0.4, -0.2) is 43.7 Å². The van der Waals surface area contributed by atoms with E-state index >= 15 is 0 Å². The maximum Gasteiger partial charge on any atom is 0.444 e. The van der Waals surface area contributed by atoms with Gasteiger partial charge < -0.3 is 14.2 Å². The van der Waals surface area contributed by atoms with Crippen molar-refractivity contribution in [2.75, 3.05) is 6.61 Å². The molecule has 0 saturated heterocycles. The minimum Gasteiger partial charge on any atom is -0.490 e. The van der Waals surface area contributed by atoms with Crippen LogP contribution >= 0.6 is 11.6 Å². The number of carboxylic acids is 1. The Hall–Kier alpha value is -3.26. The van der Waals surface area contributed by atoms with Gasteiger partial charge in [0.25, 0.3) is 6.04 Å². The van der Waals surface area contributed by atoms with E-state index in [4.69, 9.17) is 16.3 Å². The first-order valence-electron chi connectivity index (χ1n) is 10.6. The molecule has 1 aliphatic carbocycles. The van der Waals surface area contributed by atoms with Crippen LogP contribution in [0.2, 0.25) is 5.02 Å². The fourth-order valence-electron chi connectivity index (χ4n) is 3.84. The first-order valence-corrected chi connectivity index (χ1v) is 10.9. The van der Waals surface area contributed by atoms with Gasteiger partial charge in [-0.1, -0.05) is 29.8 Å². The van der Waals surface area contributed by atoms with Gasteiger partial charge in [-0.2, -0.15) is 0 Å². The van der Waals surface area contributed by atoms with Crippen molar-refractivity contribution in [3.8, 4) is 5.75 Å². The fraction of sp³-hybridized carbons (Fsp3) is 0.348. The number of ether oxygens (including phenoxy) is 1. The molecule has 1 saturated carbocycles. The van der Waals surface area contributed by atoms with Crippen molar-refractivity contribution in [2.45, 2.75) is 38.3 Å². The third kappa shape index (κ3) is 3.86. The summed E-state index contributed by atoms with van der Waals surface area (Å²) < 4.78 is 8.77. The summed E-state index contributed by atoms with van der Waals surface area (Å²) in [6.45, 7) is 2.11. The Morgan fingerprint density at radius 1 is 1.34 bits per heavy atom. The first-order chi connectivity index (χ1) is 15.4. The van der Waals surface area contributed by atoms with E-state index in [-0.39, 0.29) is 0 Å². The highest BCUT2D eigenvalue weighted by molar-refractivity contribution is 6.32. The number of aliphatic carboxylic acids is 1. The first kappa shape index (κ1) is 20.6. The second-order valence-electron chi connectivity index (χ2n) is 8.32. The number of carbonyl (C=O) groups excluding carboxylic acids is 1. The molecule has 1 N–H and O–H groups in total. The molecule has 1 fully saturated rings. The number of azo groups is 2. The zero-order valence-electron chi connectivity index (χ0n) is 17.4. The number of aromatic nitrogens is 2. The minimum atomic E-state index is -1.11. The van der Waals surface area contributed by atoms with Crippen molar-refractivity contribution in [2.24, 2.45) is 11.0 Å². The van der Waals surface area contributed by atoms with E-state index in [0.717, 1.165) is 16.0 Å². The lowest BCUT2D eigenvalue weighted by molar-refractivity contribution is -0.529.